The van der Waals surface area contributed by atoms with E-state index in [4.69, 9.17) is 13.9 Å². The van der Waals surface area contributed by atoms with E-state index < -0.39 is 0 Å². The van der Waals surface area contributed by atoms with Crippen LogP contribution >= 0.6 is 0 Å². The third-order valence-electron chi connectivity index (χ3n) is 5.48. The van der Waals surface area contributed by atoms with E-state index in [-0.39, 0.29) is 23.7 Å². The summed E-state index contributed by atoms with van der Waals surface area (Å²) in [5.74, 6) is 1.52. The van der Waals surface area contributed by atoms with E-state index in [2.05, 4.69) is 10.2 Å². The lowest BCUT2D eigenvalue weighted by Crippen LogP contribution is -2.37. The fourth-order valence-corrected chi connectivity index (χ4v) is 4.00. The van der Waals surface area contributed by atoms with E-state index in [1.807, 2.05) is 35.2 Å². The van der Waals surface area contributed by atoms with Gasteiger partial charge in [0.25, 0.3) is 0 Å². The molecule has 2 aromatic rings. The highest BCUT2D eigenvalue weighted by molar-refractivity contribution is 5.79. The van der Waals surface area contributed by atoms with Crippen molar-refractivity contribution < 1.29 is 18.7 Å². The molecule has 0 radical (unpaired) electrons. The highest BCUT2D eigenvalue weighted by Gasteiger charge is 2.41. The minimum Gasteiger partial charge on any atom is -0.420 e. The lowest BCUT2D eigenvalue weighted by atomic mass is 9.97. The second kappa shape index (κ2) is 8.19. The van der Waals surface area contributed by atoms with Crippen molar-refractivity contribution in [3.63, 3.8) is 0 Å². The number of methoxy groups -OCH3 is 1. The SMILES string of the molecule is COC[C@@H]1CN(C(=O)C2CCOCC2)C[C@H]1c1nnc(-c2ccccc2)o1. The van der Waals surface area contributed by atoms with Crippen molar-refractivity contribution in [1.29, 1.82) is 0 Å². The zero-order chi connectivity index (χ0) is 18.6. The smallest absolute Gasteiger partial charge is 0.247 e. The van der Waals surface area contributed by atoms with Gasteiger partial charge in [0.05, 0.1) is 12.5 Å². The van der Waals surface area contributed by atoms with Gasteiger partial charge in [-0.15, -0.1) is 10.2 Å². The summed E-state index contributed by atoms with van der Waals surface area (Å²) in [5.41, 5.74) is 0.896. The fourth-order valence-electron chi connectivity index (χ4n) is 4.00. The van der Waals surface area contributed by atoms with Gasteiger partial charge in [0.1, 0.15) is 0 Å². The Kier molecular flexibility index (Phi) is 5.50. The molecule has 0 saturated carbocycles. The Morgan fingerprint density at radius 3 is 2.70 bits per heavy atom. The predicted molar refractivity (Wildman–Crippen MR) is 98.0 cm³/mol. The molecule has 1 aromatic carbocycles. The zero-order valence-corrected chi connectivity index (χ0v) is 15.5. The van der Waals surface area contributed by atoms with Gasteiger partial charge in [-0.3, -0.25) is 4.79 Å². The van der Waals surface area contributed by atoms with Crippen LogP contribution in [0.4, 0.5) is 0 Å². The number of amides is 1. The van der Waals surface area contributed by atoms with Crippen LogP contribution in [0.25, 0.3) is 11.5 Å². The predicted octanol–water partition coefficient (Wildman–Crippen LogP) is 2.35. The van der Waals surface area contributed by atoms with Crippen molar-refractivity contribution in [2.45, 2.75) is 18.8 Å². The topological polar surface area (TPSA) is 77.7 Å². The molecule has 0 bridgehead atoms. The fraction of sp³-hybridized carbons (Fsp3) is 0.550. The molecule has 2 saturated heterocycles. The van der Waals surface area contributed by atoms with Crippen LogP contribution in [0.5, 0.6) is 0 Å². The Bertz CT molecular complexity index is 758. The number of hydrogen-bond acceptors (Lipinski definition) is 6. The summed E-state index contributed by atoms with van der Waals surface area (Å²) in [4.78, 5) is 14.9. The standard InChI is InChI=1S/C20H25N3O4/c1-25-13-16-11-23(20(24)15-7-9-26-10-8-15)12-17(16)19-22-21-18(27-19)14-5-3-2-4-6-14/h2-6,15-17H,7-13H2,1H3/t16-,17+/m0/s1. The number of likely N-dealkylation sites (tertiary alicyclic amines) is 1. The van der Waals surface area contributed by atoms with E-state index in [0.29, 0.717) is 44.7 Å². The lowest BCUT2D eigenvalue weighted by Gasteiger charge is -2.26. The third-order valence-corrected chi connectivity index (χ3v) is 5.48. The van der Waals surface area contributed by atoms with Crippen LogP contribution in [-0.4, -0.2) is 61.0 Å². The summed E-state index contributed by atoms with van der Waals surface area (Å²) in [6.07, 6.45) is 1.60. The first kappa shape index (κ1) is 18.1. The second-order valence-electron chi connectivity index (χ2n) is 7.26. The van der Waals surface area contributed by atoms with Gasteiger partial charge in [0.2, 0.25) is 17.7 Å². The van der Waals surface area contributed by atoms with Gasteiger partial charge < -0.3 is 18.8 Å². The first-order chi connectivity index (χ1) is 13.3. The molecule has 1 aromatic heterocycles. The van der Waals surface area contributed by atoms with Crippen molar-refractivity contribution in [3.05, 3.63) is 36.2 Å². The molecule has 0 N–H and O–H groups in total. The molecule has 3 heterocycles. The Morgan fingerprint density at radius 1 is 1.19 bits per heavy atom. The van der Waals surface area contributed by atoms with Crippen molar-refractivity contribution in [1.82, 2.24) is 15.1 Å². The largest absolute Gasteiger partial charge is 0.420 e. The van der Waals surface area contributed by atoms with Gasteiger partial charge in [-0.25, -0.2) is 0 Å². The van der Waals surface area contributed by atoms with E-state index in [0.717, 1.165) is 18.4 Å². The lowest BCUT2D eigenvalue weighted by molar-refractivity contribution is -0.137. The minimum atomic E-state index is -0.00120. The maximum atomic E-state index is 12.9. The van der Waals surface area contributed by atoms with Crippen molar-refractivity contribution in [3.8, 4) is 11.5 Å². The van der Waals surface area contributed by atoms with Gasteiger partial charge in [-0.2, -0.15) is 0 Å². The number of ether oxygens (including phenoxy) is 2. The molecule has 7 nitrogen and oxygen atoms in total. The Balaban J connectivity index is 1.51. The Labute approximate surface area is 158 Å². The monoisotopic (exact) mass is 371 g/mol. The molecule has 0 aliphatic carbocycles. The highest BCUT2D eigenvalue weighted by atomic mass is 16.5. The molecule has 144 valence electrons. The van der Waals surface area contributed by atoms with E-state index in [1.165, 1.54) is 0 Å². The molecule has 1 amide bonds. The molecule has 7 heteroatoms. The number of carbonyl (C=O) groups excluding carboxylic acids is 1. The molecule has 2 atom stereocenters. The van der Waals surface area contributed by atoms with Crippen LogP contribution in [0.3, 0.4) is 0 Å². The van der Waals surface area contributed by atoms with Gasteiger partial charge in [-0.05, 0) is 25.0 Å². The summed E-state index contributed by atoms with van der Waals surface area (Å²) in [6.45, 7) is 3.15. The maximum Gasteiger partial charge on any atom is 0.247 e. The molecule has 27 heavy (non-hydrogen) atoms. The van der Waals surface area contributed by atoms with Crippen LogP contribution < -0.4 is 0 Å². The second-order valence-corrected chi connectivity index (χ2v) is 7.26. The van der Waals surface area contributed by atoms with Gasteiger partial charge in [0, 0.05) is 50.8 Å². The highest BCUT2D eigenvalue weighted by Crippen LogP contribution is 2.35. The van der Waals surface area contributed by atoms with Crippen LogP contribution in [0.15, 0.2) is 34.7 Å². The number of rotatable bonds is 5. The van der Waals surface area contributed by atoms with Gasteiger partial charge >= 0.3 is 0 Å². The third kappa shape index (κ3) is 3.89. The molecule has 4 rings (SSSR count). The number of hydrogen-bond donors (Lipinski definition) is 0. The van der Waals surface area contributed by atoms with Crippen LogP contribution in [0, 0.1) is 11.8 Å². The van der Waals surface area contributed by atoms with E-state index in [9.17, 15) is 4.79 Å². The number of aromatic nitrogens is 2. The van der Waals surface area contributed by atoms with E-state index in [1.54, 1.807) is 7.11 Å². The van der Waals surface area contributed by atoms with Crippen LogP contribution in [0.2, 0.25) is 0 Å². The van der Waals surface area contributed by atoms with Crippen molar-refractivity contribution in [2.75, 3.05) is 40.0 Å². The zero-order valence-electron chi connectivity index (χ0n) is 15.5. The molecule has 0 spiro atoms. The molecular weight excluding hydrogens is 346 g/mol. The minimum absolute atomic E-state index is 0.00120. The molecule has 0 unspecified atom stereocenters. The van der Waals surface area contributed by atoms with Gasteiger partial charge in [0.15, 0.2) is 0 Å². The Morgan fingerprint density at radius 2 is 1.96 bits per heavy atom. The molecule has 2 fully saturated rings. The molecule has 2 aliphatic heterocycles. The van der Waals surface area contributed by atoms with Crippen molar-refractivity contribution in [2.24, 2.45) is 11.8 Å². The van der Waals surface area contributed by atoms with Crippen LogP contribution in [0.1, 0.15) is 24.7 Å². The molecular formula is C20H25N3O4. The number of carbonyl (C=O) groups is 1. The summed E-state index contributed by atoms with van der Waals surface area (Å²) in [7, 11) is 1.68. The average molecular weight is 371 g/mol. The van der Waals surface area contributed by atoms with Crippen LogP contribution in [-0.2, 0) is 14.3 Å². The molecule has 2 aliphatic rings. The quantitative estimate of drug-likeness (QED) is 0.803. The summed E-state index contributed by atoms with van der Waals surface area (Å²) in [5, 5.41) is 8.49. The van der Waals surface area contributed by atoms with Crippen molar-refractivity contribution >= 4 is 5.91 Å². The van der Waals surface area contributed by atoms with E-state index >= 15 is 0 Å². The summed E-state index contributed by atoms with van der Waals surface area (Å²) in [6, 6.07) is 9.72. The maximum absolute atomic E-state index is 12.9. The Hall–Kier alpha value is -2.25. The average Bonchev–Trinajstić information content (AvgIpc) is 3.36. The number of benzene rings is 1. The number of nitrogens with zero attached hydrogens (tertiary/aromatic N) is 3. The first-order valence-corrected chi connectivity index (χ1v) is 9.50. The first-order valence-electron chi connectivity index (χ1n) is 9.50. The summed E-state index contributed by atoms with van der Waals surface area (Å²) < 4.78 is 16.7. The normalized spacial score (nSPS) is 23.7. The van der Waals surface area contributed by atoms with Gasteiger partial charge in [-0.1, -0.05) is 18.2 Å². The summed E-state index contributed by atoms with van der Waals surface area (Å²) >= 11 is 0.